The first kappa shape index (κ1) is 18.8. The van der Waals surface area contributed by atoms with E-state index in [9.17, 15) is 4.79 Å². The summed E-state index contributed by atoms with van der Waals surface area (Å²) in [6.45, 7) is 4.36. The highest BCUT2D eigenvalue weighted by Gasteiger charge is 2.30. The Bertz CT molecular complexity index is 1060. The predicted molar refractivity (Wildman–Crippen MR) is 114 cm³/mol. The van der Waals surface area contributed by atoms with Crippen molar-refractivity contribution in [2.75, 3.05) is 17.2 Å². The summed E-state index contributed by atoms with van der Waals surface area (Å²) in [5.74, 6) is 1.95. The second-order valence-electron chi connectivity index (χ2n) is 8.16. The van der Waals surface area contributed by atoms with Crippen molar-refractivity contribution in [2.45, 2.75) is 45.2 Å². The van der Waals surface area contributed by atoms with Crippen molar-refractivity contribution < 1.29 is 9.21 Å². The summed E-state index contributed by atoms with van der Waals surface area (Å²) in [7, 11) is 0. The van der Waals surface area contributed by atoms with Gasteiger partial charge < -0.3 is 15.1 Å². The minimum absolute atomic E-state index is 0.229. The summed E-state index contributed by atoms with van der Waals surface area (Å²) in [5, 5.41) is 14.3. The van der Waals surface area contributed by atoms with Crippen molar-refractivity contribution >= 4 is 17.4 Å². The highest BCUT2D eigenvalue weighted by molar-refractivity contribution is 6.00. The van der Waals surface area contributed by atoms with Gasteiger partial charge in [-0.1, -0.05) is 29.8 Å². The number of fused-ring (bicyclic) bond motifs is 1. The largest absolute Gasteiger partial charge is 0.424 e. The van der Waals surface area contributed by atoms with Crippen LogP contribution in [0.3, 0.4) is 0 Å². The van der Waals surface area contributed by atoms with Crippen LogP contribution >= 0.6 is 0 Å². The van der Waals surface area contributed by atoms with Gasteiger partial charge in [0.05, 0.1) is 6.54 Å². The molecule has 1 aliphatic heterocycles. The van der Waals surface area contributed by atoms with Crippen molar-refractivity contribution in [3.63, 3.8) is 0 Å². The Balaban J connectivity index is 1.23. The van der Waals surface area contributed by atoms with Gasteiger partial charge in [0.25, 0.3) is 0 Å². The van der Waals surface area contributed by atoms with Crippen molar-refractivity contribution in [2.24, 2.45) is 0 Å². The van der Waals surface area contributed by atoms with Gasteiger partial charge in [0.2, 0.25) is 11.8 Å². The second kappa shape index (κ2) is 7.91. The maximum Gasteiger partial charge on any atom is 0.323 e. The molecule has 3 aromatic rings. The zero-order valence-electron chi connectivity index (χ0n) is 17.0. The molecule has 1 saturated carbocycles. The normalized spacial score (nSPS) is 16.2. The average Bonchev–Trinajstić information content (AvgIpc) is 3.49. The quantitative estimate of drug-likeness (QED) is 0.657. The van der Waals surface area contributed by atoms with Crippen LogP contribution in [0.2, 0.25) is 0 Å². The van der Waals surface area contributed by atoms with E-state index in [0.29, 0.717) is 18.4 Å². The molecule has 7 heteroatoms. The summed E-state index contributed by atoms with van der Waals surface area (Å²) in [4.78, 5) is 14.8. The number of benzene rings is 2. The van der Waals surface area contributed by atoms with Gasteiger partial charge in [0.1, 0.15) is 0 Å². The van der Waals surface area contributed by atoms with E-state index < -0.39 is 0 Å². The molecule has 5 rings (SSSR count). The maximum absolute atomic E-state index is 12.5. The fourth-order valence-corrected chi connectivity index (χ4v) is 3.86. The number of aromatic nitrogens is 2. The molecule has 1 aliphatic carbocycles. The lowest BCUT2D eigenvalue weighted by molar-refractivity contribution is 0.219. The number of hydrogen-bond acceptors (Lipinski definition) is 5. The predicted octanol–water partition coefficient (Wildman–Crippen LogP) is 4.46. The van der Waals surface area contributed by atoms with Gasteiger partial charge in [-0.25, -0.2) is 4.79 Å². The fraction of sp³-hybridized carbons (Fsp3) is 0.348. The number of anilines is 2. The van der Waals surface area contributed by atoms with E-state index in [1.54, 1.807) is 0 Å². The molecule has 154 valence electrons. The standard InChI is InChI=1S/C23H25N5O2/c1-15-5-9-18(10-6-15)24-23(29)25-20-4-2-3-17-13-28(12-11-19(17)20)14-21-26-27-22(30-21)16-7-8-16/h2-6,9-10,16H,7-8,11-14H2,1H3,(H2,24,25,29). The average molecular weight is 403 g/mol. The molecular formula is C23H25N5O2. The SMILES string of the molecule is Cc1ccc(NC(=O)Nc2cccc3c2CCN(Cc2nnc(C4CC4)o2)C3)cc1. The smallest absolute Gasteiger partial charge is 0.323 e. The molecule has 0 saturated heterocycles. The third kappa shape index (κ3) is 4.21. The molecule has 2 amide bonds. The highest BCUT2D eigenvalue weighted by atomic mass is 16.4. The summed E-state index contributed by atoms with van der Waals surface area (Å²) >= 11 is 0. The molecule has 0 atom stereocenters. The van der Waals surface area contributed by atoms with Gasteiger partial charge in [0, 0.05) is 30.4 Å². The Hall–Kier alpha value is -3.19. The summed E-state index contributed by atoms with van der Waals surface area (Å²) in [6.07, 6.45) is 3.18. The topological polar surface area (TPSA) is 83.3 Å². The minimum atomic E-state index is -0.229. The van der Waals surface area contributed by atoms with E-state index in [0.717, 1.165) is 55.2 Å². The summed E-state index contributed by atoms with van der Waals surface area (Å²) in [5.41, 5.74) is 5.21. The van der Waals surface area contributed by atoms with Gasteiger partial charge in [-0.3, -0.25) is 4.90 Å². The zero-order valence-corrected chi connectivity index (χ0v) is 17.0. The van der Waals surface area contributed by atoms with Crippen LogP contribution in [0.5, 0.6) is 0 Å². The van der Waals surface area contributed by atoms with Crippen LogP contribution in [0.25, 0.3) is 0 Å². The number of rotatable bonds is 5. The molecular weight excluding hydrogens is 378 g/mol. The van der Waals surface area contributed by atoms with E-state index in [1.165, 1.54) is 11.1 Å². The Morgan fingerprint density at radius 2 is 1.97 bits per heavy atom. The summed E-state index contributed by atoms with van der Waals surface area (Å²) < 4.78 is 5.81. The lowest BCUT2D eigenvalue weighted by atomic mass is 9.97. The molecule has 2 N–H and O–H groups in total. The van der Waals surface area contributed by atoms with Crippen molar-refractivity contribution in [1.82, 2.24) is 15.1 Å². The lowest BCUT2D eigenvalue weighted by Crippen LogP contribution is -2.31. The Morgan fingerprint density at radius 3 is 2.77 bits per heavy atom. The third-order valence-electron chi connectivity index (χ3n) is 5.67. The Kier molecular flexibility index (Phi) is 4.96. The number of urea groups is 1. The van der Waals surface area contributed by atoms with E-state index in [-0.39, 0.29) is 6.03 Å². The molecule has 0 spiro atoms. The Morgan fingerprint density at radius 1 is 1.13 bits per heavy atom. The van der Waals surface area contributed by atoms with Gasteiger partial charge in [0.15, 0.2) is 0 Å². The van der Waals surface area contributed by atoms with E-state index in [1.807, 2.05) is 43.3 Å². The molecule has 30 heavy (non-hydrogen) atoms. The van der Waals surface area contributed by atoms with Crippen LogP contribution < -0.4 is 10.6 Å². The first-order valence-corrected chi connectivity index (χ1v) is 10.4. The Labute approximate surface area is 175 Å². The molecule has 1 aromatic heterocycles. The first-order valence-electron chi connectivity index (χ1n) is 10.4. The van der Waals surface area contributed by atoms with Crippen LogP contribution in [-0.4, -0.2) is 27.7 Å². The number of carbonyl (C=O) groups is 1. The summed E-state index contributed by atoms with van der Waals surface area (Å²) in [6, 6.07) is 13.6. The van der Waals surface area contributed by atoms with Crippen molar-refractivity contribution in [1.29, 1.82) is 0 Å². The molecule has 7 nitrogen and oxygen atoms in total. The van der Waals surface area contributed by atoms with Crippen LogP contribution in [-0.2, 0) is 19.5 Å². The van der Waals surface area contributed by atoms with Crippen molar-refractivity contribution in [3.05, 3.63) is 70.9 Å². The molecule has 0 bridgehead atoms. The lowest BCUT2D eigenvalue weighted by Gasteiger charge is -2.29. The molecule has 1 fully saturated rings. The number of amides is 2. The minimum Gasteiger partial charge on any atom is -0.424 e. The van der Waals surface area contributed by atoms with Crippen LogP contribution in [0.1, 0.15) is 47.2 Å². The van der Waals surface area contributed by atoms with Gasteiger partial charge in [-0.2, -0.15) is 0 Å². The van der Waals surface area contributed by atoms with Crippen LogP contribution in [0.4, 0.5) is 16.2 Å². The van der Waals surface area contributed by atoms with Gasteiger partial charge in [-0.05, 0) is 55.5 Å². The van der Waals surface area contributed by atoms with E-state index >= 15 is 0 Å². The van der Waals surface area contributed by atoms with Gasteiger partial charge >= 0.3 is 6.03 Å². The first-order chi connectivity index (χ1) is 14.6. The fourth-order valence-electron chi connectivity index (χ4n) is 3.86. The zero-order chi connectivity index (χ0) is 20.5. The number of nitrogens with one attached hydrogen (secondary N) is 2. The number of nitrogens with zero attached hydrogens (tertiary/aromatic N) is 3. The molecule has 0 radical (unpaired) electrons. The monoisotopic (exact) mass is 403 g/mol. The number of carbonyl (C=O) groups excluding carboxylic acids is 1. The molecule has 0 unspecified atom stereocenters. The van der Waals surface area contributed by atoms with E-state index in [4.69, 9.17) is 4.42 Å². The molecule has 2 heterocycles. The van der Waals surface area contributed by atoms with Crippen LogP contribution in [0.15, 0.2) is 46.9 Å². The highest BCUT2D eigenvalue weighted by Crippen LogP contribution is 2.39. The van der Waals surface area contributed by atoms with E-state index in [2.05, 4.69) is 31.8 Å². The maximum atomic E-state index is 12.5. The van der Waals surface area contributed by atoms with Gasteiger partial charge in [-0.15, -0.1) is 10.2 Å². The third-order valence-corrected chi connectivity index (χ3v) is 5.67. The number of hydrogen-bond donors (Lipinski definition) is 2. The van der Waals surface area contributed by atoms with Crippen LogP contribution in [0, 0.1) is 6.92 Å². The van der Waals surface area contributed by atoms with Crippen molar-refractivity contribution in [3.8, 4) is 0 Å². The molecule has 2 aromatic carbocycles. The second-order valence-corrected chi connectivity index (χ2v) is 8.16. The number of aryl methyl sites for hydroxylation is 1. The molecule has 2 aliphatic rings.